The third-order valence-corrected chi connectivity index (χ3v) is 10.1. The van der Waals surface area contributed by atoms with Crippen LogP contribution in [-0.2, 0) is 29.0 Å². The molecule has 0 aromatic rings. The Hall–Kier alpha value is -1.76. The van der Waals surface area contributed by atoms with Crippen molar-refractivity contribution in [1.82, 2.24) is 15.5 Å². The number of amides is 3. The van der Waals surface area contributed by atoms with Gasteiger partial charge < -0.3 is 19.7 Å². The minimum absolute atomic E-state index is 0.00231. The summed E-state index contributed by atoms with van der Waals surface area (Å²) in [7, 11) is -4.45. The molecular formula is C39H78N4O7S. The Kier molecular flexibility index (Phi) is 31.7. The minimum atomic E-state index is -4.45. The van der Waals surface area contributed by atoms with Crippen LogP contribution in [0.3, 0.4) is 0 Å². The Morgan fingerprint density at radius 1 is 0.667 bits per heavy atom. The monoisotopic (exact) mass is 747 g/mol. The second-order valence-corrected chi connectivity index (χ2v) is 15.6. The Morgan fingerprint density at radius 2 is 1.10 bits per heavy atom. The van der Waals surface area contributed by atoms with E-state index in [-0.39, 0.29) is 24.3 Å². The van der Waals surface area contributed by atoms with E-state index >= 15 is 0 Å². The lowest BCUT2D eigenvalue weighted by molar-refractivity contribution is -0.936. The summed E-state index contributed by atoms with van der Waals surface area (Å²) in [5, 5.41) is 6.32. The number of quaternary nitrogens is 1. The zero-order valence-electron chi connectivity index (χ0n) is 33.3. The lowest BCUT2D eigenvalue weighted by atomic mass is 10.1. The number of unbranched alkanes of at least 4 members (excludes halogenated alkanes) is 14. The van der Waals surface area contributed by atoms with Crippen LogP contribution >= 0.6 is 0 Å². The molecule has 1 heterocycles. The lowest BCUT2D eigenvalue weighted by Crippen LogP contribution is -2.57. The van der Waals surface area contributed by atoms with Crippen molar-refractivity contribution < 1.29 is 36.0 Å². The highest BCUT2D eigenvalue weighted by molar-refractivity contribution is 7.80. The number of carbonyl (C=O) groups is 3. The van der Waals surface area contributed by atoms with E-state index in [0.29, 0.717) is 38.8 Å². The van der Waals surface area contributed by atoms with E-state index in [1.165, 1.54) is 64.2 Å². The molecule has 0 radical (unpaired) electrons. The van der Waals surface area contributed by atoms with Crippen LogP contribution in [0.1, 0.15) is 182 Å². The van der Waals surface area contributed by atoms with Crippen molar-refractivity contribution in [2.45, 2.75) is 182 Å². The quantitative estimate of drug-likeness (QED) is 0.0303. The van der Waals surface area contributed by atoms with E-state index in [4.69, 9.17) is 0 Å². The largest absolute Gasteiger partial charge is 0.726 e. The van der Waals surface area contributed by atoms with Gasteiger partial charge in [-0.15, -0.1) is 0 Å². The standard InChI is InChI=1S/C35H68N4O3.C4H10O4S/c1-4-7-10-12-14-16-18-23-33(40)36-26-21-30-39(29-9-6-3,32-38-28-20-25-35(38)42)31-22-27-37-34(41)24-19-17-15-13-11-8-5-2;1-2-3-4-8-9(5,6)7/h4-32H2,1-3H3,(H-,36,37,40,41);2-4H2,1H3,(H,5,6,7). The molecule has 12 heteroatoms. The summed E-state index contributed by atoms with van der Waals surface area (Å²) in [6.45, 7) is 14.5. The van der Waals surface area contributed by atoms with Gasteiger partial charge in [0.2, 0.25) is 28.1 Å². The number of hydrogen-bond donors (Lipinski definition) is 2. The number of nitrogens with zero attached hydrogens (tertiary/aromatic N) is 2. The Labute approximate surface area is 313 Å². The molecule has 1 fully saturated rings. The fraction of sp³-hybridized carbons (Fsp3) is 0.923. The number of rotatable bonds is 33. The molecule has 0 saturated carbocycles. The fourth-order valence-corrected chi connectivity index (χ4v) is 6.83. The highest BCUT2D eigenvalue weighted by atomic mass is 32.3. The third kappa shape index (κ3) is 30.4. The molecule has 0 unspecified atom stereocenters. The predicted octanol–water partition coefficient (Wildman–Crippen LogP) is 7.74. The Balaban J connectivity index is 0.00000243. The SMILES string of the molecule is CCCCCCCCCC(=O)NCCC[N+](CCCC)(CCCNC(=O)CCCCCCCCC)CN1CCCC1=O.CCCCOS(=O)(=O)[O-]. The minimum Gasteiger partial charge on any atom is -0.726 e. The van der Waals surface area contributed by atoms with Gasteiger partial charge in [-0.3, -0.25) is 23.5 Å². The highest BCUT2D eigenvalue weighted by Crippen LogP contribution is 2.19. The van der Waals surface area contributed by atoms with Gasteiger partial charge in [0.05, 0.1) is 26.2 Å². The molecule has 0 spiro atoms. The molecule has 1 aliphatic rings. The molecule has 0 aliphatic carbocycles. The van der Waals surface area contributed by atoms with E-state index in [9.17, 15) is 27.4 Å². The van der Waals surface area contributed by atoms with Gasteiger partial charge in [0.15, 0.2) is 6.67 Å². The van der Waals surface area contributed by atoms with Crippen LogP contribution in [-0.4, -0.2) is 92.6 Å². The molecule has 1 rings (SSSR count). The molecule has 1 saturated heterocycles. The number of hydrogen-bond acceptors (Lipinski definition) is 7. The van der Waals surface area contributed by atoms with Crippen LogP contribution in [0.5, 0.6) is 0 Å². The zero-order chi connectivity index (χ0) is 38.1. The molecule has 2 N–H and O–H groups in total. The second kappa shape index (κ2) is 32.9. The second-order valence-electron chi connectivity index (χ2n) is 14.5. The first kappa shape index (κ1) is 49.2. The molecule has 0 aromatic carbocycles. The molecular weight excluding hydrogens is 669 g/mol. The number of nitrogens with one attached hydrogen (secondary N) is 2. The first-order valence-corrected chi connectivity index (χ1v) is 22.1. The topological polar surface area (TPSA) is 145 Å². The van der Waals surface area contributed by atoms with Gasteiger partial charge in [0.1, 0.15) is 0 Å². The molecule has 0 bridgehead atoms. The molecule has 302 valence electrons. The van der Waals surface area contributed by atoms with E-state index in [1.807, 2.05) is 6.92 Å². The zero-order valence-corrected chi connectivity index (χ0v) is 34.1. The van der Waals surface area contributed by atoms with Gasteiger partial charge in [0.25, 0.3) is 0 Å². The van der Waals surface area contributed by atoms with Gasteiger partial charge >= 0.3 is 0 Å². The van der Waals surface area contributed by atoms with E-state index < -0.39 is 10.4 Å². The van der Waals surface area contributed by atoms with Crippen molar-refractivity contribution >= 4 is 28.1 Å². The normalized spacial score (nSPS) is 13.3. The van der Waals surface area contributed by atoms with Gasteiger partial charge in [-0.1, -0.05) is 118 Å². The summed E-state index contributed by atoms with van der Waals surface area (Å²) in [6.07, 6.45) is 25.5. The molecule has 51 heavy (non-hydrogen) atoms. The van der Waals surface area contributed by atoms with Crippen LogP contribution in [0, 0.1) is 0 Å². The van der Waals surface area contributed by atoms with Crippen molar-refractivity contribution in [1.29, 1.82) is 0 Å². The van der Waals surface area contributed by atoms with Crippen molar-refractivity contribution in [3.63, 3.8) is 0 Å². The summed E-state index contributed by atoms with van der Waals surface area (Å²) < 4.78 is 33.9. The molecule has 1 aliphatic heterocycles. The van der Waals surface area contributed by atoms with Crippen molar-refractivity contribution in [2.75, 3.05) is 52.5 Å². The van der Waals surface area contributed by atoms with Crippen LogP contribution < -0.4 is 10.6 Å². The van der Waals surface area contributed by atoms with Crippen LogP contribution in [0.15, 0.2) is 0 Å². The third-order valence-electron chi connectivity index (χ3n) is 9.63. The number of carbonyl (C=O) groups excluding carboxylic acids is 3. The summed E-state index contributed by atoms with van der Waals surface area (Å²) in [5.41, 5.74) is 0. The molecule has 0 aromatic heterocycles. The number of likely N-dealkylation sites (tertiary alicyclic amines) is 1. The molecule has 11 nitrogen and oxygen atoms in total. The van der Waals surface area contributed by atoms with E-state index in [1.54, 1.807) is 0 Å². The summed E-state index contributed by atoms with van der Waals surface area (Å²) in [6, 6.07) is 0. The fourth-order valence-electron chi connectivity index (χ4n) is 6.51. The maximum Gasteiger partial charge on any atom is 0.226 e. The van der Waals surface area contributed by atoms with Crippen LogP contribution in [0.25, 0.3) is 0 Å². The summed E-state index contributed by atoms with van der Waals surface area (Å²) in [4.78, 5) is 39.5. The molecule has 3 amide bonds. The van der Waals surface area contributed by atoms with Gasteiger partial charge in [0, 0.05) is 51.7 Å². The van der Waals surface area contributed by atoms with Gasteiger partial charge in [-0.05, 0) is 32.1 Å². The van der Waals surface area contributed by atoms with E-state index in [0.717, 1.165) is 102 Å². The van der Waals surface area contributed by atoms with Crippen LogP contribution in [0.2, 0.25) is 0 Å². The van der Waals surface area contributed by atoms with Crippen molar-refractivity contribution in [2.24, 2.45) is 0 Å². The maximum atomic E-state index is 12.6. The average molecular weight is 747 g/mol. The summed E-state index contributed by atoms with van der Waals surface area (Å²) in [5.74, 6) is 0.627. The Morgan fingerprint density at radius 3 is 1.51 bits per heavy atom. The average Bonchev–Trinajstić information content (AvgIpc) is 3.50. The van der Waals surface area contributed by atoms with Crippen molar-refractivity contribution in [3.8, 4) is 0 Å². The Bertz CT molecular complexity index is 943. The van der Waals surface area contributed by atoms with E-state index in [2.05, 4.69) is 40.5 Å². The first-order chi connectivity index (χ1) is 24.5. The van der Waals surface area contributed by atoms with Crippen molar-refractivity contribution in [3.05, 3.63) is 0 Å². The smallest absolute Gasteiger partial charge is 0.226 e. The van der Waals surface area contributed by atoms with Crippen LogP contribution in [0.4, 0.5) is 0 Å². The van der Waals surface area contributed by atoms with Gasteiger partial charge in [-0.2, -0.15) is 0 Å². The highest BCUT2D eigenvalue weighted by Gasteiger charge is 2.33. The predicted molar refractivity (Wildman–Crippen MR) is 207 cm³/mol. The lowest BCUT2D eigenvalue weighted by Gasteiger charge is -2.41. The van der Waals surface area contributed by atoms with Gasteiger partial charge in [-0.25, -0.2) is 8.42 Å². The maximum absolute atomic E-state index is 12.6. The summed E-state index contributed by atoms with van der Waals surface area (Å²) >= 11 is 0. The molecule has 0 atom stereocenters. The first-order valence-electron chi connectivity index (χ1n) is 20.8.